The molecule has 0 unspecified atom stereocenters. The van der Waals surface area contributed by atoms with E-state index in [1.54, 1.807) is 17.0 Å². The molecular weight excluding hydrogens is 386 g/mol. The van der Waals surface area contributed by atoms with Gasteiger partial charge in [0.25, 0.3) is 0 Å². The molecule has 2 fully saturated rings. The second kappa shape index (κ2) is 8.26. The maximum absolute atomic E-state index is 13.4. The van der Waals surface area contributed by atoms with Crippen LogP contribution in [0.3, 0.4) is 0 Å². The maximum Gasteiger partial charge on any atom is 0.243 e. The van der Waals surface area contributed by atoms with E-state index in [1.807, 2.05) is 42.5 Å². The third kappa shape index (κ3) is 4.08. The lowest BCUT2D eigenvalue weighted by atomic mass is 10.0. The van der Waals surface area contributed by atoms with Gasteiger partial charge < -0.3 is 10.6 Å². The molecule has 154 valence electrons. The van der Waals surface area contributed by atoms with Crippen molar-refractivity contribution in [3.8, 4) is 11.1 Å². The van der Waals surface area contributed by atoms with Crippen molar-refractivity contribution < 1.29 is 13.2 Å². The van der Waals surface area contributed by atoms with Gasteiger partial charge in [-0.15, -0.1) is 0 Å². The minimum absolute atomic E-state index is 0.0156. The Hall–Kier alpha value is -2.22. The summed E-state index contributed by atoms with van der Waals surface area (Å²) in [6.07, 6.45) is 2.96. The summed E-state index contributed by atoms with van der Waals surface area (Å²) in [6.45, 7) is 1.49. The summed E-state index contributed by atoms with van der Waals surface area (Å²) in [6, 6.07) is 16.1. The zero-order chi connectivity index (χ0) is 20.4. The molecule has 2 aromatic carbocycles. The van der Waals surface area contributed by atoms with Crippen LogP contribution in [0.25, 0.3) is 11.1 Å². The molecule has 0 spiro atoms. The van der Waals surface area contributed by atoms with Gasteiger partial charge in [-0.05, 0) is 42.5 Å². The van der Waals surface area contributed by atoms with Crippen molar-refractivity contribution in [2.24, 2.45) is 5.73 Å². The summed E-state index contributed by atoms with van der Waals surface area (Å²) in [7, 11) is -3.74. The number of likely N-dealkylation sites (tertiary alicyclic amines) is 1. The summed E-state index contributed by atoms with van der Waals surface area (Å²) >= 11 is 0. The summed E-state index contributed by atoms with van der Waals surface area (Å²) in [4.78, 5) is 15.0. The fourth-order valence-corrected chi connectivity index (χ4v) is 5.87. The number of rotatable bonds is 4. The normalized spacial score (nSPS) is 23.3. The quantitative estimate of drug-likeness (QED) is 0.835. The van der Waals surface area contributed by atoms with E-state index < -0.39 is 16.1 Å². The summed E-state index contributed by atoms with van der Waals surface area (Å²) in [5.74, 6) is -0.109. The number of sulfonamides is 1. The van der Waals surface area contributed by atoms with Crippen LogP contribution in [0.1, 0.15) is 25.7 Å². The Kier molecular flexibility index (Phi) is 5.72. The Labute approximate surface area is 172 Å². The van der Waals surface area contributed by atoms with E-state index in [4.69, 9.17) is 5.73 Å². The summed E-state index contributed by atoms with van der Waals surface area (Å²) in [5.41, 5.74) is 7.94. The van der Waals surface area contributed by atoms with Crippen LogP contribution in [-0.2, 0) is 14.8 Å². The van der Waals surface area contributed by atoms with Gasteiger partial charge in [0, 0.05) is 25.7 Å². The van der Waals surface area contributed by atoms with Crippen LogP contribution in [0.15, 0.2) is 59.5 Å². The third-order valence-corrected chi connectivity index (χ3v) is 7.77. The van der Waals surface area contributed by atoms with Gasteiger partial charge >= 0.3 is 0 Å². The highest BCUT2D eigenvalue weighted by Crippen LogP contribution is 2.29. The first kappa shape index (κ1) is 20.1. The molecule has 1 amide bonds. The van der Waals surface area contributed by atoms with E-state index in [0.29, 0.717) is 26.1 Å². The molecule has 2 N–H and O–H groups in total. The first-order chi connectivity index (χ1) is 14.0. The van der Waals surface area contributed by atoms with E-state index in [-0.39, 0.29) is 16.8 Å². The first-order valence-electron chi connectivity index (χ1n) is 10.2. The zero-order valence-electron chi connectivity index (χ0n) is 16.4. The van der Waals surface area contributed by atoms with Crippen LogP contribution in [0.5, 0.6) is 0 Å². The topological polar surface area (TPSA) is 83.7 Å². The highest BCUT2D eigenvalue weighted by Gasteiger charge is 2.40. The molecule has 0 aromatic heterocycles. The van der Waals surface area contributed by atoms with E-state index in [2.05, 4.69) is 0 Å². The molecule has 2 aliphatic rings. The predicted molar refractivity (Wildman–Crippen MR) is 113 cm³/mol. The SMILES string of the molecule is N[C@H]1CCN(C(=O)[C@@H]2CCCCN2S(=O)(=O)c2ccc(-c3ccccc3)cc2)C1. The van der Waals surface area contributed by atoms with E-state index in [1.165, 1.54) is 4.31 Å². The molecule has 0 radical (unpaired) electrons. The Bertz CT molecular complexity index is 961. The number of carbonyl (C=O) groups is 1. The van der Waals surface area contributed by atoms with Gasteiger partial charge in [-0.1, -0.05) is 48.9 Å². The van der Waals surface area contributed by atoms with Crippen LogP contribution in [0.4, 0.5) is 0 Å². The average Bonchev–Trinajstić information content (AvgIpc) is 3.20. The van der Waals surface area contributed by atoms with Crippen molar-refractivity contribution in [1.29, 1.82) is 0 Å². The lowest BCUT2D eigenvalue weighted by Crippen LogP contribution is -2.52. The van der Waals surface area contributed by atoms with Crippen LogP contribution in [0, 0.1) is 0 Å². The molecule has 0 saturated carbocycles. The van der Waals surface area contributed by atoms with E-state index in [0.717, 1.165) is 30.4 Å². The van der Waals surface area contributed by atoms with Crippen molar-refractivity contribution in [2.45, 2.75) is 42.7 Å². The Morgan fingerprint density at radius 2 is 1.59 bits per heavy atom. The molecule has 2 heterocycles. The second-order valence-corrected chi connectivity index (χ2v) is 9.74. The standard InChI is InChI=1S/C22H27N3O3S/c23-19-13-15-24(16-19)22(26)21-8-4-5-14-25(21)29(27,28)20-11-9-18(10-12-20)17-6-2-1-3-7-17/h1-3,6-7,9-12,19,21H,4-5,8,13-16,23H2/t19-,21-/m0/s1. The molecular formula is C22H27N3O3S. The number of piperidine rings is 1. The van der Waals surface area contributed by atoms with E-state index in [9.17, 15) is 13.2 Å². The molecule has 2 aliphatic heterocycles. The minimum atomic E-state index is -3.74. The Morgan fingerprint density at radius 3 is 2.24 bits per heavy atom. The van der Waals surface area contributed by atoms with Crippen molar-refractivity contribution in [3.63, 3.8) is 0 Å². The fourth-order valence-electron chi connectivity index (χ4n) is 4.22. The number of benzene rings is 2. The zero-order valence-corrected chi connectivity index (χ0v) is 17.2. The van der Waals surface area contributed by atoms with Crippen molar-refractivity contribution in [1.82, 2.24) is 9.21 Å². The first-order valence-corrected chi connectivity index (χ1v) is 11.6. The second-order valence-electron chi connectivity index (χ2n) is 7.85. The molecule has 0 aliphatic carbocycles. The summed E-state index contributed by atoms with van der Waals surface area (Å²) in [5, 5.41) is 0. The minimum Gasteiger partial charge on any atom is -0.340 e. The largest absolute Gasteiger partial charge is 0.340 e. The van der Waals surface area contributed by atoms with Gasteiger partial charge in [-0.3, -0.25) is 4.79 Å². The lowest BCUT2D eigenvalue weighted by Gasteiger charge is -2.35. The van der Waals surface area contributed by atoms with Gasteiger partial charge in [0.2, 0.25) is 15.9 Å². The molecule has 2 atom stereocenters. The number of hydrogen-bond donors (Lipinski definition) is 1. The molecule has 2 aromatic rings. The maximum atomic E-state index is 13.4. The molecule has 2 saturated heterocycles. The van der Waals surface area contributed by atoms with Crippen molar-refractivity contribution in [2.75, 3.05) is 19.6 Å². The van der Waals surface area contributed by atoms with Gasteiger partial charge in [0.05, 0.1) is 4.90 Å². The van der Waals surface area contributed by atoms with Crippen LogP contribution >= 0.6 is 0 Å². The van der Waals surface area contributed by atoms with E-state index >= 15 is 0 Å². The highest BCUT2D eigenvalue weighted by molar-refractivity contribution is 7.89. The molecule has 6 nitrogen and oxygen atoms in total. The lowest BCUT2D eigenvalue weighted by molar-refractivity contribution is -0.135. The van der Waals surface area contributed by atoms with Crippen LogP contribution in [0.2, 0.25) is 0 Å². The number of carbonyl (C=O) groups excluding carboxylic acids is 1. The van der Waals surface area contributed by atoms with Gasteiger partial charge in [0.15, 0.2) is 0 Å². The fraction of sp³-hybridized carbons (Fsp3) is 0.409. The van der Waals surface area contributed by atoms with Gasteiger partial charge in [-0.2, -0.15) is 4.31 Å². The predicted octanol–water partition coefficient (Wildman–Crippen LogP) is 2.46. The monoisotopic (exact) mass is 413 g/mol. The van der Waals surface area contributed by atoms with Gasteiger partial charge in [-0.25, -0.2) is 8.42 Å². The average molecular weight is 414 g/mol. The Morgan fingerprint density at radius 1 is 0.897 bits per heavy atom. The molecule has 29 heavy (non-hydrogen) atoms. The van der Waals surface area contributed by atoms with Crippen LogP contribution < -0.4 is 5.73 Å². The number of nitrogens with zero attached hydrogens (tertiary/aromatic N) is 2. The third-order valence-electron chi connectivity index (χ3n) is 5.84. The smallest absolute Gasteiger partial charge is 0.243 e. The van der Waals surface area contributed by atoms with Gasteiger partial charge in [0.1, 0.15) is 6.04 Å². The molecule has 0 bridgehead atoms. The summed E-state index contributed by atoms with van der Waals surface area (Å²) < 4.78 is 28.1. The number of hydrogen-bond acceptors (Lipinski definition) is 4. The molecule has 7 heteroatoms. The number of nitrogens with two attached hydrogens (primary N) is 1. The van der Waals surface area contributed by atoms with Crippen LogP contribution in [-0.4, -0.2) is 55.2 Å². The number of amides is 1. The van der Waals surface area contributed by atoms with Crippen molar-refractivity contribution in [3.05, 3.63) is 54.6 Å². The van der Waals surface area contributed by atoms with Crippen molar-refractivity contribution >= 4 is 15.9 Å². The highest BCUT2D eigenvalue weighted by atomic mass is 32.2. The molecule has 4 rings (SSSR count). The Balaban J connectivity index is 1.58.